The van der Waals surface area contributed by atoms with Crippen LogP contribution >= 0.6 is 81.2 Å². The Morgan fingerprint density at radius 3 is 1.44 bits per heavy atom. The predicted octanol–water partition coefficient (Wildman–Crippen LogP) is 5.94. The van der Waals surface area contributed by atoms with Crippen molar-refractivity contribution in [1.82, 2.24) is 0 Å². The minimum atomic E-state index is -1.89. The maximum absolute atomic E-state index is 10.7. The van der Waals surface area contributed by atoms with Crippen molar-refractivity contribution in [2.75, 3.05) is 0 Å². The van der Waals surface area contributed by atoms with Gasteiger partial charge in [-0.25, -0.2) is 0 Å². The highest BCUT2D eigenvalue weighted by molar-refractivity contribution is 6.68. The number of aldehydes is 1. The lowest BCUT2D eigenvalue weighted by molar-refractivity contribution is 0.112. The van der Waals surface area contributed by atoms with Gasteiger partial charge in [0.25, 0.3) is 0 Å². The molecule has 0 aromatic heterocycles. The van der Waals surface area contributed by atoms with E-state index in [0.29, 0.717) is 6.29 Å². The summed E-state index contributed by atoms with van der Waals surface area (Å²) in [5.41, 5.74) is -0.0993. The van der Waals surface area contributed by atoms with E-state index in [2.05, 4.69) is 0 Å². The van der Waals surface area contributed by atoms with Crippen molar-refractivity contribution in [2.24, 2.45) is 0 Å². The highest BCUT2D eigenvalue weighted by Gasteiger charge is 2.33. The minimum Gasteiger partial charge on any atom is -0.298 e. The maximum Gasteiger partial charge on any atom is 0.219 e. The molecule has 1 nitrogen and oxygen atoms in total. The number of carbonyl (C=O) groups is 1. The molecule has 0 amide bonds. The van der Waals surface area contributed by atoms with Crippen LogP contribution in [0.4, 0.5) is 0 Å². The summed E-state index contributed by atoms with van der Waals surface area (Å²) in [6.45, 7) is 0. The lowest BCUT2D eigenvalue weighted by atomic mass is 10.1. The first-order valence-electron chi connectivity index (χ1n) is 3.60. The van der Waals surface area contributed by atoms with Crippen molar-refractivity contribution in [1.29, 1.82) is 0 Å². The second-order valence-corrected chi connectivity index (χ2v) is 6.45. The molecule has 0 saturated carbocycles. The zero-order valence-corrected chi connectivity index (χ0v) is 12.4. The van der Waals surface area contributed by atoms with E-state index in [-0.39, 0.29) is 31.2 Å². The van der Waals surface area contributed by atoms with Gasteiger partial charge in [0, 0.05) is 5.56 Å². The number of benzene rings is 1. The van der Waals surface area contributed by atoms with Gasteiger partial charge in [-0.3, -0.25) is 4.79 Å². The van der Waals surface area contributed by atoms with Crippen LogP contribution in [0.2, 0.25) is 20.1 Å². The van der Waals surface area contributed by atoms with E-state index in [0.717, 1.165) is 0 Å². The second-order valence-electron chi connectivity index (χ2n) is 2.66. The zero-order valence-electron chi connectivity index (χ0n) is 7.13. The van der Waals surface area contributed by atoms with Gasteiger partial charge in [-0.15, -0.1) is 0 Å². The summed E-state index contributed by atoms with van der Waals surface area (Å²) in [6.07, 6.45) is 0.421. The molecule has 0 N–H and O–H groups in total. The Bertz CT molecular complexity index is 420. The Hall–Kier alpha value is 0.920. The molecule has 0 spiro atoms. The van der Waals surface area contributed by atoms with E-state index in [1.54, 1.807) is 0 Å². The molecule has 0 unspecified atom stereocenters. The third kappa shape index (κ3) is 2.67. The van der Waals surface area contributed by atoms with Crippen LogP contribution in [0.25, 0.3) is 0 Å². The summed E-state index contributed by atoms with van der Waals surface area (Å²) in [7, 11) is 0. The predicted molar refractivity (Wildman–Crippen MR) is 71.1 cm³/mol. The summed E-state index contributed by atoms with van der Waals surface area (Å²) in [4.78, 5) is 10.7. The molecule has 0 aliphatic carbocycles. The van der Waals surface area contributed by atoms with Crippen molar-refractivity contribution in [3.63, 3.8) is 0 Å². The van der Waals surface area contributed by atoms with Gasteiger partial charge >= 0.3 is 0 Å². The molecule has 0 aliphatic rings. The lowest BCUT2D eigenvalue weighted by Crippen LogP contribution is -2.05. The average molecular weight is 361 g/mol. The summed E-state index contributed by atoms with van der Waals surface area (Å²) in [5.74, 6) is 0. The van der Waals surface area contributed by atoms with Crippen molar-refractivity contribution >= 4 is 87.5 Å². The fraction of sp³-hybridized carbons (Fsp3) is 0.125. The van der Waals surface area contributed by atoms with Crippen molar-refractivity contribution in [3.8, 4) is 0 Å². The SMILES string of the molecule is O=Cc1c(Cl)c(Cl)c(C(Cl)(Cl)Cl)c(Cl)c1Cl. The standard InChI is InChI=1S/C8HCl7O/c9-4-2(1-16)5(10)7(12)3(6(4)11)8(13,14)15/h1H. The van der Waals surface area contributed by atoms with E-state index in [4.69, 9.17) is 81.2 Å². The summed E-state index contributed by atoms with van der Waals surface area (Å²) in [5, 5.41) is -0.434. The van der Waals surface area contributed by atoms with E-state index in [9.17, 15) is 4.79 Å². The molecule has 0 radical (unpaired) electrons. The second kappa shape index (κ2) is 5.27. The molecule has 16 heavy (non-hydrogen) atoms. The number of hydrogen-bond donors (Lipinski definition) is 0. The summed E-state index contributed by atoms with van der Waals surface area (Å²) in [6, 6.07) is 0. The molecule has 0 fully saturated rings. The average Bonchev–Trinajstić information content (AvgIpc) is 2.14. The van der Waals surface area contributed by atoms with E-state index < -0.39 is 3.79 Å². The van der Waals surface area contributed by atoms with Crippen molar-refractivity contribution in [2.45, 2.75) is 3.79 Å². The third-order valence-corrected chi connectivity index (χ3v) is 4.00. The Morgan fingerprint density at radius 1 is 0.812 bits per heavy atom. The number of halogens is 7. The van der Waals surface area contributed by atoms with E-state index >= 15 is 0 Å². The van der Waals surface area contributed by atoms with Crippen LogP contribution in [-0.4, -0.2) is 6.29 Å². The fourth-order valence-electron chi connectivity index (χ4n) is 1.00. The highest BCUT2D eigenvalue weighted by Crippen LogP contribution is 2.50. The molecule has 0 bridgehead atoms. The first kappa shape index (κ1) is 15.0. The first-order chi connectivity index (χ1) is 7.21. The van der Waals surface area contributed by atoms with Crippen LogP contribution in [0.1, 0.15) is 15.9 Å². The molecule has 88 valence electrons. The smallest absolute Gasteiger partial charge is 0.219 e. The van der Waals surface area contributed by atoms with Gasteiger partial charge < -0.3 is 0 Å². The number of carbonyl (C=O) groups excluding carboxylic acids is 1. The van der Waals surface area contributed by atoms with Gasteiger partial charge in [-0.05, 0) is 0 Å². The lowest BCUT2D eigenvalue weighted by Gasteiger charge is -2.18. The number of hydrogen-bond acceptors (Lipinski definition) is 1. The van der Waals surface area contributed by atoms with Gasteiger partial charge in [0.1, 0.15) is 0 Å². The quantitative estimate of drug-likeness (QED) is 0.344. The largest absolute Gasteiger partial charge is 0.298 e. The van der Waals surface area contributed by atoms with Crippen LogP contribution in [0.15, 0.2) is 0 Å². The normalized spacial score (nSPS) is 11.7. The number of alkyl halides is 3. The summed E-state index contributed by atoms with van der Waals surface area (Å²) < 4.78 is -1.89. The van der Waals surface area contributed by atoms with Gasteiger partial charge in [0.15, 0.2) is 6.29 Å². The number of rotatable bonds is 1. The first-order valence-corrected chi connectivity index (χ1v) is 6.24. The Morgan fingerprint density at radius 2 is 1.19 bits per heavy atom. The molecule has 0 aliphatic heterocycles. The molecule has 1 aromatic carbocycles. The van der Waals surface area contributed by atoms with E-state index in [1.807, 2.05) is 0 Å². The zero-order chi connectivity index (χ0) is 12.7. The third-order valence-electron chi connectivity index (χ3n) is 1.70. The monoisotopic (exact) mass is 358 g/mol. The van der Waals surface area contributed by atoms with E-state index in [1.165, 1.54) is 0 Å². The van der Waals surface area contributed by atoms with Crippen LogP contribution < -0.4 is 0 Å². The summed E-state index contributed by atoms with van der Waals surface area (Å²) >= 11 is 40.3. The van der Waals surface area contributed by atoms with Crippen molar-refractivity contribution in [3.05, 3.63) is 31.2 Å². The fourth-order valence-corrected chi connectivity index (χ4v) is 3.10. The molecule has 1 rings (SSSR count). The van der Waals surface area contributed by atoms with Gasteiger partial charge in [0.2, 0.25) is 3.79 Å². The Balaban J connectivity index is 3.74. The molecular formula is C8HCl7O. The molecular weight excluding hydrogens is 360 g/mol. The Labute approximate surface area is 126 Å². The van der Waals surface area contributed by atoms with Gasteiger partial charge in [-0.2, -0.15) is 0 Å². The maximum atomic E-state index is 10.7. The minimum absolute atomic E-state index is 0.0451. The molecule has 1 aromatic rings. The van der Waals surface area contributed by atoms with Gasteiger partial charge in [-0.1, -0.05) is 81.2 Å². The van der Waals surface area contributed by atoms with Crippen LogP contribution in [0.3, 0.4) is 0 Å². The van der Waals surface area contributed by atoms with Gasteiger partial charge in [0.05, 0.1) is 25.7 Å². The topological polar surface area (TPSA) is 17.1 Å². The highest BCUT2D eigenvalue weighted by atomic mass is 35.6. The van der Waals surface area contributed by atoms with Crippen LogP contribution in [-0.2, 0) is 3.79 Å². The Kier molecular flexibility index (Phi) is 4.94. The molecule has 0 heterocycles. The van der Waals surface area contributed by atoms with Crippen LogP contribution in [0, 0.1) is 0 Å². The van der Waals surface area contributed by atoms with Crippen LogP contribution in [0.5, 0.6) is 0 Å². The molecule has 0 saturated heterocycles. The molecule has 8 heteroatoms. The van der Waals surface area contributed by atoms with Crippen molar-refractivity contribution < 1.29 is 4.79 Å². The molecule has 0 atom stereocenters.